The Hall–Kier alpha value is -1.96. The highest BCUT2D eigenvalue weighted by molar-refractivity contribution is 7.13. The number of thiazole rings is 1. The zero-order chi connectivity index (χ0) is 16.8. The Balaban J connectivity index is 2.47. The molecule has 0 saturated carbocycles. The number of aromatic nitrogens is 2. The van der Waals surface area contributed by atoms with E-state index in [1.54, 1.807) is 18.5 Å². The van der Waals surface area contributed by atoms with Crippen LogP contribution in [0.15, 0.2) is 34.4 Å². The molecule has 0 saturated heterocycles. The van der Waals surface area contributed by atoms with Crippen molar-refractivity contribution in [2.45, 2.75) is 6.92 Å². The van der Waals surface area contributed by atoms with Crippen LogP contribution < -0.4 is 0 Å². The van der Waals surface area contributed by atoms with Crippen LogP contribution in [0.5, 0.6) is 0 Å². The van der Waals surface area contributed by atoms with Crippen LogP contribution >= 0.6 is 34.5 Å². The molecule has 0 unspecified atom stereocenters. The zero-order valence-electron chi connectivity index (χ0n) is 11.9. The molecule has 2 aromatic rings. The summed E-state index contributed by atoms with van der Waals surface area (Å²) in [5.41, 5.74) is -0.0159. The number of rotatable bonds is 5. The van der Waals surface area contributed by atoms with Gasteiger partial charge in [-0.15, -0.1) is 11.3 Å². The lowest BCUT2D eigenvalue weighted by molar-refractivity contribution is -0.137. The van der Waals surface area contributed by atoms with E-state index in [1.807, 2.05) is 0 Å². The maximum Gasteiger partial charge on any atom is 0.343 e. The van der Waals surface area contributed by atoms with Gasteiger partial charge in [0.2, 0.25) is 5.13 Å². The molecule has 120 valence electrons. The number of hydrogen-bond acceptors (Lipinski definition) is 7. The van der Waals surface area contributed by atoms with Gasteiger partial charge in [0.15, 0.2) is 0 Å². The van der Waals surface area contributed by atoms with Crippen molar-refractivity contribution in [2.24, 2.45) is 4.99 Å². The van der Waals surface area contributed by atoms with Gasteiger partial charge in [-0.2, -0.15) is 0 Å². The molecular formula is C14H11Cl2N3O3S. The van der Waals surface area contributed by atoms with E-state index in [0.29, 0.717) is 5.13 Å². The lowest BCUT2D eigenvalue weighted by Gasteiger charge is -2.08. The molecule has 0 radical (unpaired) electrons. The number of carbonyl (C=O) groups excluding carboxylic acids is 1. The van der Waals surface area contributed by atoms with Crippen molar-refractivity contribution < 1.29 is 14.6 Å². The molecule has 2 rings (SSSR count). The van der Waals surface area contributed by atoms with Crippen LogP contribution in [-0.2, 0) is 9.53 Å². The summed E-state index contributed by atoms with van der Waals surface area (Å²) in [6.07, 6.45) is 4.01. The van der Waals surface area contributed by atoms with Gasteiger partial charge in [0.1, 0.15) is 16.5 Å². The number of halogens is 2. The third-order valence-corrected chi connectivity index (χ3v) is 3.75. The topological polar surface area (TPSA) is 84.7 Å². The maximum atomic E-state index is 12.1. The van der Waals surface area contributed by atoms with Crippen molar-refractivity contribution >= 4 is 57.6 Å². The first kappa shape index (κ1) is 17.4. The third-order valence-electron chi connectivity index (χ3n) is 2.55. The minimum atomic E-state index is -0.740. The summed E-state index contributed by atoms with van der Waals surface area (Å²) in [5.74, 6) is -1.14. The number of aliphatic hydroxyl groups excluding tert-OH is 1. The first-order chi connectivity index (χ1) is 11.0. The average Bonchev–Trinajstić information content (AvgIpc) is 3.01. The van der Waals surface area contributed by atoms with Crippen molar-refractivity contribution in [1.29, 1.82) is 0 Å². The van der Waals surface area contributed by atoms with Crippen LogP contribution in [0.4, 0.5) is 5.13 Å². The Kier molecular flexibility index (Phi) is 6.09. The minimum absolute atomic E-state index is 0.143. The molecule has 23 heavy (non-hydrogen) atoms. The molecule has 0 bridgehead atoms. The standard InChI is InChI=1S/C14H11Cl2N3O3S/c1-2-22-13(21)9(7-19-14-17-3-4-23-14)12(20)8-6-18-11(16)5-10(8)15/h3-7,20H,2H2,1H3/b12-9+,19-7+. The summed E-state index contributed by atoms with van der Waals surface area (Å²) in [5, 5.41) is 12.9. The largest absolute Gasteiger partial charge is 0.506 e. The van der Waals surface area contributed by atoms with Crippen LogP contribution in [0.25, 0.3) is 5.76 Å². The van der Waals surface area contributed by atoms with E-state index >= 15 is 0 Å². The van der Waals surface area contributed by atoms with Gasteiger partial charge in [0, 0.05) is 24.0 Å². The average molecular weight is 372 g/mol. The summed E-state index contributed by atoms with van der Waals surface area (Å²) in [4.78, 5) is 23.9. The second-order valence-corrected chi connectivity index (χ2v) is 5.71. The number of carbonyl (C=O) groups is 1. The number of pyridine rings is 1. The van der Waals surface area contributed by atoms with Crippen molar-refractivity contribution in [3.8, 4) is 0 Å². The van der Waals surface area contributed by atoms with E-state index in [2.05, 4.69) is 15.0 Å². The summed E-state index contributed by atoms with van der Waals surface area (Å²) in [6, 6.07) is 1.36. The Labute approximate surface area is 146 Å². The molecular weight excluding hydrogens is 361 g/mol. The van der Waals surface area contributed by atoms with E-state index in [0.717, 1.165) is 0 Å². The van der Waals surface area contributed by atoms with E-state index in [4.69, 9.17) is 27.9 Å². The fraction of sp³-hybridized carbons (Fsp3) is 0.143. The lowest BCUT2D eigenvalue weighted by atomic mass is 10.1. The summed E-state index contributed by atoms with van der Waals surface area (Å²) in [7, 11) is 0. The quantitative estimate of drug-likeness (QED) is 0.281. The van der Waals surface area contributed by atoms with Crippen LogP contribution in [0.3, 0.4) is 0 Å². The number of aliphatic imine (C=N–C) groups is 1. The highest BCUT2D eigenvalue weighted by atomic mass is 35.5. The van der Waals surface area contributed by atoms with Gasteiger partial charge < -0.3 is 9.84 Å². The van der Waals surface area contributed by atoms with Gasteiger partial charge in [-0.1, -0.05) is 23.2 Å². The first-order valence-electron chi connectivity index (χ1n) is 6.38. The van der Waals surface area contributed by atoms with Crippen LogP contribution in [0, 0.1) is 0 Å². The Morgan fingerprint density at radius 1 is 1.48 bits per heavy atom. The van der Waals surface area contributed by atoms with Gasteiger partial charge in [-0.3, -0.25) is 0 Å². The SMILES string of the molecule is CCOC(=O)C(/C=N/c1nccs1)=C(/O)c1cnc(Cl)cc1Cl. The molecule has 0 aliphatic carbocycles. The molecule has 9 heteroatoms. The van der Waals surface area contributed by atoms with Crippen LogP contribution in [0.1, 0.15) is 12.5 Å². The molecule has 0 aliphatic rings. The highest BCUT2D eigenvalue weighted by Gasteiger charge is 2.19. The van der Waals surface area contributed by atoms with Crippen molar-refractivity contribution in [3.05, 3.63) is 45.2 Å². The lowest BCUT2D eigenvalue weighted by Crippen LogP contribution is -2.11. The van der Waals surface area contributed by atoms with E-state index in [-0.39, 0.29) is 27.9 Å². The molecule has 0 aromatic carbocycles. The zero-order valence-corrected chi connectivity index (χ0v) is 14.2. The molecule has 0 aliphatic heterocycles. The fourth-order valence-corrected chi connectivity index (χ4v) is 2.48. The minimum Gasteiger partial charge on any atom is -0.506 e. The monoisotopic (exact) mass is 371 g/mol. The predicted molar refractivity (Wildman–Crippen MR) is 90.7 cm³/mol. The van der Waals surface area contributed by atoms with Gasteiger partial charge in [-0.25, -0.2) is 19.8 Å². The van der Waals surface area contributed by atoms with E-state index < -0.39 is 11.7 Å². The number of nitrogens with zero attached hydrogens (tertiary/aromatic N) is 3. The number of hydrogen-bond donors (Lipinski definition) is 1. The Bertz CT molecular complexity index is 761. The number of aliphatic hydroxyl groups is 1. The van der Waals surface area contributed by atoms with Gasteiger partial charge in [0.05, 0.1) is 17.2 Å². The molecule has 0 amide bonds. The summed E-state index contributed by atoms with van der Waals surface area (Å²) >= 11 is 13.0. The smallest absolute Gasteiger partial charge is 0.343 e. The molecule has 6 nitrogen and oxygen atoms in total. The molecule has 1 N–H and O–H groups in total. The normalized spacial score (nSPS) is 12.3. The molecule has 2 heterocycles. The van der Waals surface area contributed by atoms with E-state index in [9.17, 15) is 9.90 Å². The summed E-state index contributed by atoms with van der Waals surface area (Å²) in [6.45, 7) is 1.80. The number of esters is 1. The van der Waals surface area contributed by atoms with Crippen molar-refractivity contribution in [2.75, 3.05) is 6.61 Å². The molecule has 2 aromatic heterocycles. The van der Waals surface area contributed by atoms with Crippen LogP contribution in [0.2, 0.25) is 10.2 Å². The third kappa shape index (κ3) is 4.51. The predicted octanol–water partition coefficient (Wildman–Crippen LogP) is 4.08. The van der Waals surface area contributed by atoms with Crippen molar-refractivity contribution in [1.82, 2.24) is 9.97 Å². The molecule has 0 fully saturated rings. The van der Waals surface area contributed by atoms with E-state index in [1.165, 1.54) is 29.8 Å². The molecule has 0 atom stereocenters. The highest BCUT2D eigenvalue weighted by Crippen LogP contribution is 2.26. The van der Waals surface area contributed by atoms with Gasteiger partial charge in [-0.05, 0) is 13.0 Å². The molecule has 0 spiro atoms. The van der Waals surface area contributed by atoms with Crippen LogP contribution in [-0.4, -0.2) is 33.9 Å². The Morgan fingerprint density at radius 3 is 2.87 bits per heavy atom. The van der Waals surface area contributed by atoms with Gasteiger partial charge >= 0.3 is 5.97 Å². The van der Waals surface area contributed by atoms with Crippen molar-refractivity contribution in [3.63, 3.8) is 0 Å². The number of ether oxygens (including phenoxy) is 1. The maximum absolute atomic E-state index is 12.1. The fourth-order valence-electron chi connectivity index (χ4n) is 1.55. The summed E-state index contributed by atoms with van der Waals surface area (Å²) < 4.78 is 4.93. The first-order valence-corrected chi connectivity index (χ1v) is 8.01. The second kappa shape index (κ2) is 8.05. The second-order valence-electron chi connectivity index (χ2n) is 4.04. The Morgan fingerprint density at radius 2 is 2.26 bits per heavy atom. The van der Waals surface area contributed by atoms with Gasteiger partial charge in [0.25, 0.3) is 0 Å².